The number of aryl methyl sites for hydroxylation is 1. The molecule has 0 unspecified atom stereocenters. The zero-order valence-corrected chi connectivity index (χ0v) is 19.3. The van der Waals surface area contributed by atoms with Gasteiger partial charge in [-0.15, -0.1) is 0 Å². The van der Waals surface area contributed by atoms with E-state index in [1.165, 1.54) is 5.56 Å². The summed E-state index contributed by atoms with van der Waals surface area (Å²) in [6, 6.07) is 26.9. The van der Waals surface area contributed by atoms with E-state index in [0.29, 0.717) is 5.11 Å². The highest BCUT2D eigenvalue weighted by atomic mass is 79.9. The predicted octanol–water partition coefficient (Wildman–Crippen LogP) is 6.12. The molecule has 1 aliphatic heterocycles. The molecule has 1 saturated heterocycles. The molecule has 3 heterocycles. The fourth-order valence-electron chi connectivity index (χ4n) is 4.21. The Hall–Kier alpha value is -2.96. The molecule has 5 rings (SSSR count). The van der Waals surface area contributed by atoms with Crippen molar-refractivity contribution >= 4 is 38.9 Å². The molecule has 31 heavy (non-hydrogen) atoms. The molecule has 2 aromatic heterocycles. The van der Waals surface area contributed by atoms with E-state index in [4.69, 9.17) is 12.2 Å². The summed E-state index contributed by atoms with van der Waals surface area (Å²) >= 11 is 9.45. The van der Waals surface area contributed by atoms with Gasteiger partial charge in [0.1, 0.15) is 6.04 Å². The smallest absolute Gasteiger partial charge is 0.174 e. The Morgan fingerprint density at radius 3 is 2.55 bits per heavy atom. The van der Waals surface area contributed by atoms with Gasteiger partial charge in [0.15, 0.2) is 5.11 Å². The van der Waals surface area contributed by atoms with Crippen LogP contribution in [-0.2, 0) is 0 Å². The lowest BCUT2D eigenvalue weighted by Gasteiger charge is -2.29. The van der Waals surface area contributed by atoms with Crippen molar-refractivity contribution in [2.75, 3.05) is 4.90 Å². The van der Waals surface area contributed by atoms with Crippen molar-refractivity contribution in [3.63, 3.8) is 0 Å². The van der Waals surface area contributed by atoms with E-state index >= 15 is 0 Å². The quantitative estimate of drug-likeness (QED) is 0.350. The first kappa shape index (κ1) is 20.0. The van der Waals surface area contributed by atoms with Crippen LogP contribution < -0.4 is 10.2 Å². The van der Waals surface area contributed by atoms with Crippen LogP contribution in [0.1, 0.15) is 29.0 Å². The molecule has 0 amide bonds. The van der Waals surface area contributed by atoms with E-state index < -0.39 is 0 Å². The van der Waals surface area contributed by atoms with Crippen molar-refractivity contribution < 1.29 is 0 Å². The maximum Gasteiger partial charge on any atom is 0.174 e. The number of pyridine rings is 1. The molecule has 6 heteroatoms. The summed E-state index contributed by atoms with van der Waals surface area (Å²) in [6.45, 7) is 2.10. The second-order valence-corrected chi connectivity index (χ2v) is 8.92. The van der Waals surface area contributed by atoms with Gasteiger partial charge < -0.3 is 14.8 Å². The lowest BCUT2D eigenvalue weighted by atomic mass is 10.0. The number of hydrogen-bond donors (Lipinski definition) is 1. The molecule has 0 aliphatic carbocycles. The van der Waals surface area contributed by atoms with Crippen LogP contribution in [0.2, 0.25) is 0 Å². The van der Waals surface area contributed by atoms with Gasteiger partial charge >= 0.3 is 0 Å². The van der Waals surface area contributed by atoms with E-state index in [-0.39, 0.29) is 12.1 Å². The molecule has 4 aromatic rings. The van der Waals surface area contributed by atoms with Crippen LogP contribution >= 0.6 is 28.1 Å². The number of anilines is 1. The molecule has 0 spiro atoms. The van der Waals surface area contributed by atoms with Gasteiger partial charge in [-0.1, -0.05) is 40.2 Å². The molecule has 0 bridgehead atoms. The summed E-state index contributed by atoms with van der Waals surface area (Å²) in [4.78, 5) is 6.87. The van der Waals surface area contributed by atoms with Gasteiger partial charge in [-0.3, -0.25) is 4.98 Å². The van der Waals surface area contributed by atoms with Crippen LogP contribution in [0.3, 0.4) is 0 Å². The summed E-state index contributed by atoms with van der Waals surface area (Å²) in [7, 11) is 0. The maximum atomic E-state index is 5.84. The first-order valence-corrected chi connectivity index (χ1v) is 11.3. The predicted molar refractivity (Wildman–Crippen MR) is 133 cm³/mol. The lowest BCUT2D eigenvalue weighted by Crippen LogP contribution is -2.30. The minimum Gasteiger partial charge on any atom is -0.351 e. The molecule has 0 radical (unpaired) electrons. The lowest BCUT2D eigenvalue weighted by molar-refractivity contribution is 0.549. The second-order valence-electron chi connectivity index (χ2n) is 7.62. The van der Waals surface area contributed by atoms with Crippen molar-refractivity contribution in [2.24, 2.45) is 0 Å². The van der Waals surface area contributed by atoms with Crippen LogP contribution in [-0.4, -0.2) is 14.7 Å². The van der Waals surface area contributed by atoms with E-state index in [1.807, 2.05) is 24.4 Å². The Morgan fingerprint density at radius 2 is 1.77 bits per heavy atom. The SMILES string of the molecule is Cc1cccc(N2C(=S)N[C@@H](c3ccccn3)[C@H]2c2cccn2-c2cccc(Br)c2)c1. The van der Waals surface area contributed by atoms with Gasteiger partial charge in [0, 0.05) is 33.9 Å². The first-order chi connectivity index (χ1) is 15.1. The molecule has 2 atom stereocenters. The van der Waals surface area contributed by atoms with Crippen molar-refractivity contribution in [3.8, 4) is 5.69 Å². The highest BCUT2D eigenvalue weighted by molar-refractivity contribution is 9.10. The minimum absolute atomic E-state index is 0.0572. The number of rotatable bonds is 4. The summed E-state index contributed by atoms with van der Waals surface area (Å²) in [5.74, 6) is 0. The monoisotopic (exact) mass is 488 g/mol. The number of hydrogen-bond acceptors (Lipinski definition) is 2. The number of nitrogens with zero attached hydrogens (tertiary/aromatic N) is 3. The van der Waals surface area contributed by atoms with E-state index in [9.17, 15) is 0 Å². The third-order valence-electron chi connectivity index (χ3n) is 5.55. The second kappa shape index (κ2) is 8.29. The molecular weight excluding hydrogens is 468 g/mol. The van der Waals surface area contributed by atoms with Crippen LogP contribution in [0, 0.1) is 6.92 Å². The third kappa shape index (κ3) is 3.77. The Balaban J connectivity index is 1.68. The molecule has 1 aliphatic rings. The summed E-state index contributed by atoms with van der Waals surface area (Å²) < 4.78 is 3.27. The highest BCUT2D eigenvalue weighted by Crippen LogP contribution is 2.42. The Labute approximate surface area is 195 Å². The van der Waals surface area contributed by atoms with Crippen LogP contribution in [0.5, 0.6) is 0 Å². The summed E-state index contributed by atoms with van der Waals surface area (Å²) in [5, 5.41) is 4.24. The Morgan fingerprint density at radius 1 is 0.935 bits per heavy atom. The first-order valence-electron chi connectivity index (χ1n) is 10.1. The van der Waals surface area contributed by atoms with E-state index in [0.717, 1.165) is 27.2 Å². The summed E-state index contributed by atoms with van der Waals surface area (Å²) in [5.41, 5.74) is 5.47. The average Bonchev–Trinajstić information content (AvgIpc) is 3.38. The third-order valence-corrected chi connectivity index (χ3v) is 6.36. The maximum absolute atomic E-state index is 5.84. The Kier molecular flexibility index (Phi) is 5.34. The van der Waals surface area contributed by atoms with Gasteiger partial charge in [-0.25, -0.2) is 0 Å². The largest absolute Gasteiger partial charge is 0.351 e. The van der Waals surface area contributed by atoms with Crippen LogP contribution in [0.4, 0.5) is 5.69 Å². The molecular formula is C25H21BrN4S. The van der Waals surface area contributed by atoms with Gasteiger partial charge in [0.2, 0.25) is 0 Å². The molecule has 154 valence electrons. The number of thiocarbonyl (C=S) groups is 1. The normalized spacial score (nSPS) is 18.3. The number of halogens is 1. The standard InChI is InChI=1S/C25H21BrN4S/c1-17-7-4-10-20(15-17)30-24(23(28-25(30)31)21-11-2-3-13-27-21)22-12-6-14-29(22)19-9-5-8-18(26)16-19/h2-16,23-24H,1H3,(H,28,31)/t23-,24+/m0/s1. The molecule has 1 N–H and O–H groups in total. The van der Waals surface area contributed by atoms with E-state index in [2.05, 4.69) is 109 Å². The van der Waals surface area contributed by atoms with Gasteiger partial charge in [-0.05, 0) is 79.3 Å². The highest BCUT2D eigenvalue weighted by Gasteiger charge is 2.42. The molecule has 0 saturated carbocycles. The average molecular weight is 489 g/mol. The van der Waals surface area contributed by atoms with Crippen molar-refractivity contribution in [1.82, 2.24) is 14.9 Å². The molecule has 1 fully saturated rings. The van der Waals surface area contributed by atoms with Crippen LogP contribution in [0.15, 0.2) is 95.7 Å². The molecule has 2 aromatic carbocycles. The topological polar surface area (TPSA) is 33.1 Å². The summed E-state index contributed by atoms with van der Waals surface area (Å²) in [6.07, 6.45) is 3.93. The van der Waals surface area contributed by atoms with Crippen molar-refractivity contribution in [3.05, 3.63) is 113 Å². The minimum atomic E-state index is -0.0741. The van der Waals surface area contributed by atoms with Crippen molar-refractivity contribution in [1.29, 1.82) is 0 Å². The molecule has 4 nitrogen and oxygen atoms in total. The number of nitrogens with one attached hydrogen (secondary N) is 1. The zero-order chi connectivity index (χ0) is 21.4. The van der Waals surface area contributed by atoms with Gasteiger partial charge in [0.25, 0.3) is 0 Å². The number of benzene rings is 2. The van der Waals surface area contributed by atoms with Crippen LogP contribution in [0.25, 0.3) is 5.69 Å². The van der Waals surface area contributed by atoms with Gasteiger partial charge in [-0.2, -0.15) is 0 Å². The fourth-order valence-corrected chi connectivity index (χ4v) is 4.94. The number of aromatic nitrogens is 2. The fraction of sp³-hybridized carbons (Fsp3) is 0.120. The van der Waals surface area contributed by atoms with Crippen molar-refractivity contribution in [2.45, 2.75) is 19.0 Å². The zero-order valence-electron chi connectivity index (χ0n) is 16.9. The van der Waals surface area contributed by atoms with Gasteiger partial charge in [0.05, 0.1) is 11.7 Å². The Bertz CT molecular complexity index is 1240. The van der Waals surface area contributed by atoms with E-state index in [1.54, 1.807) is 0 Å².